The Bertz CT molecular complexity index is 833. The molecule has 3 rings (SSSR count). The molecule has 0 aliphatic carbocycles. The molecule has 136 valence electrons. The minimum atomic E-state index is -0.440. The van der Waals surface area contributed by atoms with Crippen molar-refractivity contribution >= 4 is 34.6 Å². The number of benzene rings is 2. The molecule has 0 unspecified atom stereocenters. The summed E-state index contributed by atoms with van der Waals surface area (Å²) in [7, 11) is 0. The Morgan fingerprint density at radius 2 is 1.96 bits per heavy atom. The fourth-order valence-corrected chi connectivity index (χ4v) is 3.39. The van der Waals surface area contributed by atoms with Crippen LogP contribution >= 0.6 is 11.6 Å². The number of non-ortho nitro benzene ring substituents is 1. The number of piperidine rings is 1. The molecule has 0 aromatic heterocycles. The first-order valence-corrected chi connectivity index (χ1v) is 8.88. The molecule has 0 spiro atoms. The maximum Gasteiger partial charge on any atom is 0.269 e. The van der Waals surface area contributed by atoms with Crippen molar-refractivity contribution in [1.82, 2.24) is 0 Å². The zero-order valence-electron chi connectivity index (χ0n) is 14.4. The van der Waals surface area contributed by atoms with Gasteiger partial charge in [-0.1, -0.05) is 17.7 Å². The molecule has 1 saturated heterocycles. The van der Waals surface area contributed by atoms with Crippen molar-refractivity contribution in [3.8, 4) is 0 Å². The van der Waals surface area contributed by atoms with Crippen LogP contribution in [-0.2, 0) is 4.79 Å². The first-order chi connectivity index (χ1) is 12.4. The molecular weight excluding hydrogens is 354 g/mol. The summed E-state index contributed by atoms with van der Waals surface area (Å²) >= 11 is 6.05. The first kappa shape index (κ1) is 18.2. The maximum absolute atomic E-state index is 12.6. The van der Waals surface area contributed by atoms with E-state index in [0.717, 1.165) is 31.6 Å². The lowest BCUT2D eigenvalue weighted by molar-refractivity contribution is -0.384. The zero-order chi connectivity index (χ0) is 18.7. The lowest BCUT2D eigenvalue weighted by atomic mass is 9.95. The van der Waals surface area contributed by atoms with Gasteiger partial charge in [-0.25, -0.2) is 0 Å². The number of carbonyl (C=O) groups is 1. The predicted molar refractivity (Wildman–Crippen MR) is 103 cm³/mol. The van der Waals surface area contributed by atoms with E-state index in [-0.39, 0.29) is 17.5 Å². The standard InChI is InChI=1S/C19H20ClN3O3/c1-13-11-17(23(25)26)5-6-18(13)21-19(24)14-7-9-22(10-8-14)16-4-2-3-15(20)12-16/h2-6,11-12,14H,7-10H2,1H3,(H,21,24). The smallest absolute Gasteiger partial charge is 0.269 e. The van der Waals surface area contributed by atoms with Crippen LogP contribution in [0.2, 0.25) is 5.02 Å². The lowest BCUT2D eigenvalue weighted by Crippen LogP contribution is -2.38. The van der Waals surface area contributed by atoms with E-state index in [0.29, 0.717) is 16.3 Å². The molecule has 1 N–H and O–H groups in total. The van der Waals surface area contributed by atoms with Gasteiger partial charge in [0.25, 0.3) is 5.69 Å². The van der Waals surface area contributed by atoms with Crippen molar-refractivity contribution in [3.63, 3.8) is 0 Å². The summed E-state index contributed by atoms with van der Waals surface area (Å²) in [5.74, 6) is -0.104. The van der Waals surface area contributed by atoms with Crippen molar-refractivity contribution in [2.75, 3.05) is 23.3 Å². The quantitative estimate of drug-likeness (QED) is 0.636. The van der Waals surface area contributed by atoms with E-state index in [9.17, 15) is 14.9 Å². The molecule has 0 saturated carbocycles. The molecule has 1 fully saturated rings. The van der Waals surface area contributed by atoms with E-state index in [1.165, 1.54) is 12.1 Å². The van der Waals surface area contributed by atoms with Gasteiger partial charge in [0.1, 0.15) is 0 Å². The summed E-state index contributed by atoms with van der Waals surface area (Å²) in [5, 5.41) is 14.4. The normalized spacial score (nSPS) is 14.9. The van der Waals surface area contributed by atoms with Crippen LogP contribution in [0.25, 0.3) is 0 Å². The number of nitro groups is 1. The molecule has 2 aromatic rings. The second-order valence-electron chi connectivity index (χ2n) is 6.49. The van der Waals surface area contributed by atoms with Gasteiger partial charge in [-0.15, -0.1) is 0 Å². The van der Waals surface area contributed by atoms with Gasteiger partial charge < -0.3 is 10.2 Å². The second kappa shape index (κ2) is 7.74. The molecule has 2 aromatic carbocycles. The molecule has 7 heteroatoms. The number of nitrogens with one attached hydrogen (secondary N) is 1. The Hall–Kier alpha value is -2.60. The number of halogens is 1. The van der Waals surface area contributed by atoms with Crippen molar-refractivity contribution < 1.29 is 9.72 Å². The minimum absolute atomic E-state index is 0.0235. The number of rotatable bonds is 4. The molecule has 0 atom stereocenters. The van der Waals surface area contributed by atoms with E-state index in [2.05, 4.69) is 10.2 Å². The van der Waals surface area contributed by atoms with Gasteiger partial charge in [0.05, 0.1) is 4.92 Å². The van der Waals surface area contributed by atoms with Crippen molar-refractivity contribution in [2.24, 2.45) is 5.92 Å². The number of nitro benzene ring substituents is 1. The Morgan fingerprint density at radius 3 is 2.58 bits per heavy atom. The van der Waals surface area contributed by atoms with Gasteiger partial charge in [0, 0.05) is 47.5 Å². The number of amides is 1. The minimum Gasteiger partial charge on any atom is -0.371 e. The van der Waals surface area contributed by atoms with Crippen molar-refractivity contribution in [1.29, 1.82) is 0 Å². The van der Waals surface area contributed by atoms with Crippen molar-refractivity contribution in [2.45, 2.75) is 19.8 Å². The number of nitrogens with zero attached hydrogens (tertiary/aromatic N) is 2. The molecule has 1 aliphatic rings. The topological polar surface area (TPSA) is 75.5 Å². The van der Waals surface area contributed by atoms with Crippen LogP contribution in [0.1, 0.15) is 18.4 Å². The first-order valence-electron chi connectivity index (χ1n) is 8.50. The predicted octanol–water partition coefficient (Wildman–Crippen LogP) is 4.41. The van der Waals surface area contributed by atoms with Crippen LogP contribution in [0.15, 0.2) is 42.5 Å². The zero-order valence-corrected chi connectivity index (χ0v) is 15.2. The van der Waals surface area contributed by atoms with Crippen LogP contribution < -0.4 is 10.2 Å². The highest BCUT2D eigenvalue weighted by Crippen LogP contribution is 2.27. The van der Waals surface area contributed by atoms with E-state index in [4.69, 9.17) is 11.6 Å². The summed E-state index contributed by atoms with van der Waals surface area (Å²) in [4.78, 5) is 25.1. The summed E-state index contributed by atoms with van der Waals surface area (Å²) < 4.78 is 0. The van der Waals surface area contributed by atoms with E-state index in [1.54, 1.807) is 13.0 Å². The Kier molecular flexibility index (Phi) is 5.42. The molecular formula is C19H20ClN3O3. The number of hydrogen-bond donors (Lipinski definition) is 1. The van der Waals surface area contributed by atoms with Crippen LogP contribution in [0.4, 0.5) is 17.1 Å². The molecule has 0 bridgehead atoms. The third kappa shape index (κ3) is 4.14. The summed E-state index contributed by atoms with van der Waals surface area (Å²) in [6.45, 7) is 3.33. The van der Waals surface area contributed by atoms with Gasteiger partial charge in [-0.05, 0) is 49.6 Å². The Labute approximate surface area is 156 Å². The fraction of sp³-hybridized carbons (Fsp3) is 0.316. The highest BCUT2D eigenvalue weighted by atomic mass is 35.5. The number of anilines is 2. The molecule has 1 aliphatic heterocycles. The third-order valence-corrected chi connectivity index (χ3v) is 4.95. The molecule has 0 radical (unpaired) electrons. The number of carbonyl (C=O) groups excluding carboxylic acids is 1. The second-order valence-corrected chi connectivity index (χ2v) is 6.92. The molecule has 1 amide bonds. The van der Waals surface area contributed by atoms with E-state index >= 15 is 0 Å². The number of aryl methyl sites for hydroxylation is 1. The highest BCUT2D eigenvalue weighted by molar-refractivity contribution is 6.30. The largest absolute Gasteiger partial charge is 0.371 e. The highest BCUT2D eigenvalue weighted by Gasteiger charge is 2.25. The average Bonchev–Trinajstić information content (AvgIpc) is 2.63. The summed E-state index contributed by atoms with van der Waals surface area (Å²) in [6.07, 6.45) is 1.51. The lowest BCUT2D eigenvalue weighted by Gasteiger charge is -2.33. The molecule has 26 heavy (non-hydrogen) atoms. The summed E-state index contributed by atoms with van der Waals surface area (Å²) in [5.41, 5.74) is 2.40. The van der Waals surface area contributed by atoms with Crippen molar-refractivity contribution in [3.05, 3.63) is 63.2 Å². The van der Waals surface area contributed by atoms with Crippen LogP contribution in [-0.4, -0.2) is 23.9 Å². The van der Waals surface area contributed by atoms with E-state index < -0.39 is 4.92 Å². The number of hydrogen-bond acceptors (Lipinski definition) is 4. The van der Waals surface area contributed by atoms with Gasteiger partial charge in [-0.2, -0.15) is 0 Å². The monoisotopic (exact) mass is 373 g/mol. The average molecular weight is 374 g/mol. The fourth-order valence-electron chi connectivity index (χ4n) is 3.21. The SMILES string of the molecule is Cc1cc([N+](=O)[O-])ccc1NC(=O)C1CCN(c2cccc(Cl)c2)CC1. The van der Waals surface area contributed by atoms with Gasteiger partial charge in [-0.3, -0.25) is 14.9 Å². The maximum atomic E-state index is 12.6. The summed E-state index contributed by atoms with van der Waals surface area (Å²) in [6, 6.07) is 12.2. The van der Waals surface area contributed by atoms with Crippen LogP contribution in [0, 0.1) is 23.0 Å². The Morgan fingerprint density at radius 1 is 1.23 bits per heavy atom. The van der Waals surface area contributed by atoms with Crippen LogP contribution in [0.5, 0.6) is 0 Å². The third-order valence-electron chi connectivity index (χ3n) is 4.72. The molecule has 6 nitrogen and oxygen atoms in total. The molecule has 1 heterocycles. The van der Waals surface area contributed by atoms with Gasteiger partial charge >= 0.3 is 0 Å². The van der Waals surface area contributed by atoms with Gasteiger partial charge in [0.15, 0.2) is 0 Å². The van der Waals surface area contributed by atoms with E-state index in [1.807, 2.05) is 24.3 Å². The van der Waals surface area contributed by atoms with Crippen LogP contribution in [0.3, 0.4) is 0 Å². The van der Waals surface area contributed by atoms with Gasteiger partial charge in [0.2, 0.25) is 5.91 Å². The Balaban J connectivity index is 1.59.